The molecule has 9 nitrogen and oxygen atoms in total. The Morgan fingerprint density at radius 1 is 1.24 bits per heavy atom. The molecule has 1 aromatic rings. The lowest BCUT2D eigenvalue weighted by molar-refractivity contribution is -0.132. The molecule has 0 spiro atoms. The zero-order valence-corrected chi connectivity index (χ0v) is 19.5. The minimum Gasteiger partial charge on any atom is -0.483 e. The third-order valence-corrected chi connectivity index (χ3v) is 7.03. The van der Waals surface area contributed by atoms with Gasteiger partial charge in [-0.2, -0.15) is 0 Å². The maximum absolute atomic E-state index is 13.1. The van der Waals surface area contributed by atoms with Crippen molar-refractivity contribution in [3.63, 3.8) is 0 Å². The van der Waals surface area contributed by atoms with E-state index in [0.29, 0.717) is 39.2 Å². The van der Waals surface area contributed by atoms with Crippen LogP contribution in [0.2, 0.25) is 0 Å². The van der Waals surface area contributed by atoms with E-state index in [-0.39, 0.29) is 36.2 Å². The van der Waals surface area contributed by atoms with Crippen molar-refractivity contribution in [2.24, 2.45) is 11.3 Å². The maximum atomic E-state index is 13.1. The van der Waals surface area contributed by atoms with Crippen LogP contribution < -0.4 is 4.90 Å². The van der Waals surface area contributed by atoms with Gasteiger partial charge in [0.1, 0.15) is 0 Å². The normalized spacial score (nSPS) is 24.0. The highest BCUT2D eigenvalue weighted by molar-refractivity contribution is 5.96. The molecule has 0 bridgehead atoms. The smallest absolute Gasteiger partial charge is 0.290 e. The van der Waals surface area contributed by atoms with Crippen molar-refractivity contribution in [1.29, 1.82) is 0 Å². The standard InChI is InChI=1S/C23H33N3O4.CH2O2/c1-17-5-6-20-18(10-17)4-3-8-26(20)22(29)13-24-11-19-12-25(21(28)7-9-30-2)15-23(19,14-24)16-27;2-1-3/h5-6,10,19,27H,3-4,7-9,11-16H2,1-2H3;1H,(H,2,3)/t19-,23+;/m0./s1. The fourth-order valence-corrected chi connectivity index (χ4v) is 5.43. The second kappa shape index (κ2) is 11.1. The van der Waals surface area contributed by atoms with Gasteiger partial charge in [0.25, 0.3) is 6.47 Å². The number of likely N-dealkylation sites (tertiary alicyclic amines) is 2. The molecule has 0 unspecified atom stereocenters. The average Bonchev–Trinajstić information content (AvgIpc) is 3.31. The van der Waals surface area contributed by atoms with E-state index in [4.69, 9.17) is 14.6 Å². The summed E-state index contributed by atoms with van der Waals surface area (Å²) in [6, 6.07) is 6.32. The summed E-state index contributed by atoms with van der Waals surface area (Å²) in [5.74, 6) is 0.417. The Morgan fingerprint density at radius 3 is 2.67 bits per heavy atom. The van der Waals surface area contributed by atoms with Crippen LogP contribution in [0.1, 0.15) is 24.0 Å². The van der Waals surface area contributed by atoms with Crippen LogP contribution in [-0.4, -0.2) is 97.9 Å². The zero-order chi connectivity index (χ0) is 24.0. The molecular formula is C24H35N3O6. The summed E-state index contributed by atoms with van der Waals surface area (Å²) >= 11 is 0. The number of carboxylic acid groups (broad SMARTS) is 1. The van der Waals surface area contributed by atoms with Gasteiger partial charge < -0.3 is 24.7 Å². The number of benzene rings is 1. The largest absolute Gasteiger partial charge is 0.483 e. The molecule has 3 aliphatic heterocycles. The first-order valence-corrected chi connectivity index (χ1v) is 11.4. The Hall–Kier alpha value is -2.49. The highest BCUT2D eigenvalue weighted by Gasteiger charge is 2.53. The monoisotopic (exact) mass is 461 g/mol. The SMILES string of the molecule is COCCC(=O)N1C[C@@H]2CN(CC(=O)N3CCCc4cc(C)ccc43)C[C@]2(CO)C1.O=CO. The molecule has 3 heterocycles. The Morgan fingerprint density at radius 2 is 2.00 bits per heavy atom. The number of aliphatic hydroxyl groups is 1. The molecule has 0 radical (unpaired) electrons. The lowest BCUT2D eigenvalue weighted by atomic mass is 9.82. The van der Waals surface area contributed by atoms with Crippen molar-refractivity contribution in [3.8, 4) is 0 Å². The molecule has 2 N–H and O–H groups in total. The third-order valence-electron chi connectivity index (χ3n) is 7.03. The van der Waals surface area contributed by atoms with Crippen LogP contribution in [0.15, 0.2) is 18.2 Å². The van der Waals surface area contributed by atoms with Gasteiger partial charge >= 0.3 is 0 Å². The molecule has 4 rings (SSSR count). The van der Waals surface area contributed by atoms with Gasteiger partial charge in [0.05, 0.1) is 26.2 Å². The molecule has 9 heteroatoms. The van der Waals surface area contributed by atoms with E-state index in [1.807, 2.05) is 9.80 Å². The summed E-state index contributed by atoms with van der Waals surface area (Å²) in [5, 5.41) is 17.1. The van der Waals surface area contributed by atoms with E-state index in [2.05, 4.69) is 30.0 Å². The molecule has 0 saturated carbocycles. The summed E-state index contributed by atoms with van der Waals surface area (Å²) < 4.78 is 5.02. The summed E-state index contributed by atoms with van der Waals surface area (Å²) in [5.41, 5.74) is 3.21. The number of rotatable bonds is 6. The fourth-order valence-electron chi connectivity index (χ4n) is 5.43. The summed E-state index contributed by atoms with van der Waals surface area (Å²) in [7, 11) is 1.60. The minimum atomic E-state index is -0.320. The fraction of sp³-hybridized carbons (Fsp3) is 0.625. The number of methoxy groups -OCH3 is 1. The van der Waals surface area contributed by atoms with Crippen LogP contribution in [-0.2, 0) is 25.5 Å². The Labute approximate surface area is 194 Å². The van der Waals surface area contributed by atoms with Gasteiger partial charge in [0.2, 0.25) is 11.8 Å². The first-order valence-electron chi connectivity index (χ1n) is 11.4. The van der Waals surface area contributed by atoms with E-state index < -0.39 is 0 Å². The first kappa shape index (κ1) is 25.1. The highest BCUT2D eigenvalue weighted by Crippen LogP contribution is 2.42. The van der Waals surface area contributed by atoms with Crippen molar-refractivity contribution < 1.29 is 29.3 Å². The van der Waals surface area contributed by atoms with Crippen molar-refractivity contribution in [2.45, 2.75) is 26.2 Å². The van der Waals surface area contributed by atoms with E-state index in [1.54, 1.807) is 7.11 Å². The van der Waals surface area contributed by atoms with Gasteiger partial charge in [-0.3, -0.25) is 19.3 Å². The van der Waals surface area contributed by atoms with Crippen molar-refractivity contribution in [2.75, 3.05) is 64.5 Å². The first-order chi connectivity index (χ1) is 15.9. The minimum absolute atomic E-state index is 0.0439. The molecule has 1 aromatic carbocycles. The molecule has 2 amide bonds. The lowest BCUT2D eigenvalue weighted by Crippen LogP contribution is -2.44. The summed E-state index contributed by atoms with van der Waals surface area (Å²) in [4.78, 5) is 39.9. The van der Waals surface area contributed by atoms with E-state index in [1.165, 1.54) is 11.1 Å². The second-order valence-electron chi connectivity index (χ2n) is 9.29. The number of hydrogen-bond donors (Lipinski definition) is 2. The van der Waals surface area contributed by atoms with Gasteiger partial charge in [0.15, 0.2) is 0 Å². The Kier molecular flexibility index (Phi) is 8.45. The van der Waals surface area contributed by atoms with Crippen molar-refractivity contribution in [3.05, 3.63) is 29.3 Å². The average molecular weight is 462 g/mol. The van der Waals surface area contributed by atoms with Crippen LogP contribution in [0.4, 0.5) is 5.69 Å². The van der Waals surface area contributed by atoms with Gasteiger partial charge in [0, 0.05) is 50.9 Å². The van der Waals surface area contributed by atoms with Crippen molar-refractivity contribution in [1.82, 2.24) is 9.80 Å². The Bertz CT molecular complexity index is 863. The third kappa shape index (κ3) is 5.54. The van der Waals surface area contributed by atoms with E-state index in [0.717, 1.165) is 31.6 Å². The van der Waals surface area contributed by atoms with Gasteiger partial charge in [-0.25, -0.2) is 0 Å². The van der Waals surface area contributed by atoms with Gasteiger partial charge in [-0.15, -0.1) is 0 Å². The molecule has 2 fully saturated rings. The van der Waals surface area contributed by atoms with Crippen LogP contribution in [0, 0.1) is 18.3 Å². The van der Waals surface area contributed by atoms with Crippen LogP contribution in [0.3, 0.4) is 0 Å². The number of hydrogen-bond acceptors (Lipinski definition) is 6. The number of carbonyl (C=O) groups excluding carboxylic acids is 2. The topological polar surface area (TPSA) is 111 Å². The molecule has 2 atom stereocenters. The Balaban J connectivity index is 0.000000968. The predicted octanol–water partition coefficient (Wildman–Crippen LogP) is 0.764. The molecule has 182 valence electrons. The number of amides is 2. The quantitative estimate of drug-likeness (QED) is 0.602. The number of carbonyl (C=O) groups is 3. The second-order valence-corrected chi connectivity index (χ2v) is 9.29. The predicted molar refractivity (Wildman–Crippen MR) is 123 cm³/mol. The molecule has 3 aliphatic rings. The lowest BCUT2D eigenvalue weighted by Gasteiger charge is -2.32. The maximum Gasteiger partial charge on any atom is 0.290 e. The zero-order valence-electron chi connectivity index (χ0n) is 19.5. The van der Waals surface area contributed by atoms with E-state index in [9.17, 15) is 14.7 Å². The number of fused-ring (bicyclic) bond motifs is 2. The van der Waals surface area contributed by atoms with E-state index >= 15 is 0 Å². The number of nitrogens with zero attached hydrogens (tertiary/aromatic N) is 3. The molecular weight excluding hydrogens is 426 g/mol. The summed E-state index contributed by atoms with van der Waals surface area (Å²) in [6.07, 6.45) is 2.39. The number of aliphatic hydroxyl groups excluding tert-OH is 1. The molecule has 0 aromatic heterocycles. The van der Waals surface area contributed by atoms with Crippen LogP contribution in [0.5, 0.6) is 0 Å². The molecule has 0 aliphatic carbocycles. The van der Waals surface area contributed by atoms with Crippen LogP contribution >= 0.6 is 0 Å². The van der Waals surface area contributed by atoms with Gasteiger partial charge in [-0.1, -0.05) is 17.7 Å². The number of ether oxygens (including phenoxy) is 1. The highest BCUT2D eigenvalue weighted by atomic mass is 16.5. The number of aryl methyl sites for hydroxylation is 2. The van der Waals surface area contributed by atoms with Gasteiger partial charge in [-0.05, 0) is 37.3 Å². The van der Waals surface area contributed by atoms with Crippen molar-refractivity contribution >= 4 is 24.0 Å². The summed E-state index contributed by atoms with van der Waals surface area (Å²) in [6.45, 7) is 6.04. The van der Waals surface area contributed by atoms with Crippen LogP contribution in [0.25, 0.3) is 0 Å². The number of anilines is 1. The molecule has 2 saturated heterocycles. The molecule has 33 heavy (non-hydrogen) atoms.